The molecule has 0 N–H and O–H groups in total. The van der Waals surface area contributed by atoms with Crippen molar-refractivity contribution >= 4 is 18.6 Å². The molecule has 0 bridgehead atoms. The number of hydrogen-bond acceptors (Lipinski definition) is 4. The van der Waals surface area contributed by atoms with Crippen molar-refractivity contribution in [1.82, 2.24) is 0 Å². The molecular weight excluding hydrogens is 255 g/mol. The highest BCUT2D eigenvalue weighted by molar-refractivity contribution is 6.62. The van der Waals surface area contributed by atoms with Crippen LogP contribution >= 0.6 is 0 Å². The topological polar surface area (TPSA) is 44.8 Å². The van der Waals surface area contributed by atoms with Gasteiger partial charge in [0.25, 0.3) is 0 Å². The van der Waals surface area contributed by atoms with E-state index in [1.165, 1.54) is 6.92 Å². The summed E-state index contributed by atoms with van der Waals surface area (Å²) in [6.45, 7) is 11.4. The Balaban J connectivity index is 2.32. The lowest BCUT2D eigenvalue weighted by atomic mass is 9.76. The van der Waals surface area contributed by atoms with Gasteiger partial charge in [-0.05, 0) is 52.2 Å². The summed E-state index contributed by atoms with van der Waals surface area (Å²) in [5, 5.41) is 0. The van der Waals surface area contributed by atoms with Crippen LogP contribution < -0.4 is 10.2 Å². The summed E-state index contributed by atoms with van der Waals surface area (Å²) in [5.74, 6) is 0.168. The van der Waals surface area contributed by atoms with Gasteiger partial charge in [-0.25, -0.2) is 0 Å². The maximum Gasteiger partial charge on any atom is 0.495 e. The molecule has 108 valence electrons. The second-order valence-electron chi connectivity index (χ2n) is 6.20. The predicted molar refractivity (Wildman–Crippen MR) is 78.2 cm³/mol. The molecule has 0 radical (unpaired) electrons. The van der Waals surface area contributed by atoms with Crippen LogP contribution in [0.4, 0.5) is 0 Å². The number of benzene rings is 1. The van der Waals surface area contributed by atoms with E-state index in [0.717, 1.165) is 11.0 Å². The van der Waals surface area contributed by atoms with E-state index >= 15 is 0 Å². The Hall–Kier alpha value is -1.33. The summed E-state index contributed by atoms with van der Waals surface area (Å²) in [6.07, 6.45) is 0. The van der Waals surface area contributed by atoms with Crippen LogP contribution in [0.2, 0.25) is 0 Å². The van der Waals surface area contributed by atoms with Crippen molar-refractivity contribution in [2.45, 2.75) is 52.7 Å². The Kier molecular flexibility index (Phi) is 3.69. The van der Waals surface area contributed by atoms with Gasteiger partial charge in [-0.3, -0.25) is 4.79 Å². The van der Waals surface area contributed by atoms with Gasteiger partial charge in [-0.15, -0.1) is 0 Å². The van der Waals surface area contributed by atoms with Crippen LogP contribution in [0.25, 0.3) is 0 Å². The maximum absolute atomic E-state index is 11.1. The Bertz CT molecular complexity index is 521. The molecule has 0 amide bonds. The van der Waals surface area contributed by atoms with Gasteiger partial charge in [0.2, 0.25) is 0 Å². The van der Waals surface area contributed by atoms with Gasteiger partial charge < -0.3 is 14.0 Å². The van der Waals surface area contributed by atoms with Crippen molar-refractivity contribution in [2.75, 3.05) is 0 Å². The molecule has 1 heterocycles. The van der Waals surface area contributed by atoms with Crippen LogP contribution in [0.5, 0.6) is 5.75 Å². The summed E-state index contributed by atoms with van der Waals surface area (Å²) in [4.78, 5) is 11.1. The summed E-state index contributed by atoms with van der Waals surface area (Å²) >= 11 is 0. The largest absolute Gasteiger partial charge is 0.495 e. The quantitative estimate of drug-likeness (QED) is 0.472. The highest BCUT2D eigenvalue weighted by Crippen LogP contribution is 2.36. The monoisotopic (exact) mass is 276 g/mol. The van der Waals surface area contributed by atoms with Gasteiger partial charge in [0.15, 0.2) is 0 Å². The summed E-state index contributed by atoms with van der Waals surface area (Å²) in [5.41, 5.74) is 1.16. The standard InChI is InChI=1S/C15H21BO4/c1-10-7-8-12(18-11(2)17)9-13(10)16-19-14(3,4)15(5,6)20-16/h7-9H,1-6H3. The minimum Gasteiger partial charge on any atom is -0.427 e. The van der Waals surface area contributed by atoms with E-state index in [1.807, 2.05) is 40.7 Å². The Morgan fingerprint density at radius 1 is 1.15 bits per heavy atom. The van der Waals surface area contributed by atoms with E-state index in [4.69, 9.17) is 14.0 Å². The molecule has 1 aromatic rings. The van der Waals surface area contributed by atoms with Crippen molar-refractivity contribution < 1.29 is 18.8 Å². The van der Waals surface area contributed by atoms with E-state index in [0.29, 0.717) is 5.75 Å². The van der Waals surface area contributed by atoms with E-state index in [-0.39, 0.29) is 17.2 Å². The number of carbonyl (C=O) groups is 1. The van der Waals surface area contributed by atoms with Crippen LogP contribution in [0.3, 0.4) is 0 Å². The Labute approximate surface area is 120 Å². The van der Waals surface area contributed by atoms with Gasteiger partial charge >= 0.3 is 13.1 Å². The molecule has 0 aromatic heterocycles. The lowest BCUT2D eigenvalue weighted by Gasteiger charge is -2.32. The smallest absolute Gasteiger partial charge is 0.427 e. The normalized spacial score (nSPS) is 20.0. The molecular formula is C15H21BO4. The molecule has 4 nitrogen and oxygen atoms in total. The van der Waals surface area contributed by atoms with Crippen molar-refractivity contribution in [3.8, 4) is 5.75 Å². The number of carbonyl (C=O) groups excluding carboxylic acids is 1. The third-order valence-corrected chi connectivity index (χ3v) is 4.02. The fraction of sp³-hybridized carbons (Fsp3) is 0.533. The number of hydrogen-bond donors (Lipinski definition) is 0. The molecule has 0 spiro atoms. The van der Waals surface area contributed by atoms with Crippen molar-refractivity contribution in [3.63, 3.8) is 0 Å². The van der Waals surface area contributed by atoms with Crippen LogP contribution in [-0.2, 0) is 14.1 Å². The molecule has 2 rings (SSSR count). The third-order valence-electron chi connectivity index (χ3n) is 4.02. The zero-order valence-electron chi connectivity index (χ0n) is 12.9. The predicted octanol–water partition coefficient (Wildman–Crippen LogP) is 2.22. The Morgan fingerprint density at radius 2 is 1.70 bits per heavy atom. The second kappa shape index (κ2) is 4.90. The van der Waals surface area contributed by atoms with E-state index in [1.54, 1.807) is 12.1 Å². The average Bonchev–Trinajstić information content (AvgIpc) is 2.50. The zero-order valence-corrected chi connectivity index (χ0v) is 12.9. The lowest BCUT2D eigenvalue weighted by Crippen LogP contribution is -2.41. The fourth-order valence-corrected chi connectivity index (χ4v) is 2.07. The lowest BCUT2D eigenvalue weighted by molar-refractivity contribution is -0.131. The van der Waals surface area contributed by atoms with Gasteiger partial charge in [0.05, 0.1) is 11.2 Å². The molecule has 1 aliphatic rings. The molecule has 20 heavy (non-hydrogen) atoms. The van der Waals surface area contributed by atoms with Crippen molar-refractivity contribution in [2.24, 2.45) is 0 Å². The van der Waals surface area contributed by atoms with Gasteiger partial charge in [0.1, 0.15) is 5.75 Å². The number of ether oxygens (including phenoxy) is 1. The average molecular weight is 276 g/mol. The third kappa shape index (κ3) is 2.74. The first-order valence-electron chi connectivity index (χ1n) is 6.77. The minimum absolute atomic E-state index is 0.339. The SMILES string of the molecule is CC(=O)Oc1ccc(C)c(B2OC(C)(C)C(C)(C)O2)c1. The first-order valence-corrected chi connectivity index (χ1v) is 6.77. The highest BCUT2D eigenvalue weighted by Gasteiger charge is 2.52. The first kappa shape index (κ1) is 15.1. The molecule has 0 aliphatic carbocycles. The summed E-state index contributed by atoms with van der Waals surface area (Å²) < 4.78 is 17.2. The minimum atomic E-state index is -0.449. The van der Waals surface area contributed by atoms with Gasteiger partial charge in [-0.1, -0.05) is 11.6 Å². The van der Waals surface area contributed by atoms with Crippen LogP contribution in [0.15, 0.2) is 18.2 Å². The van der Waals surface area contributed by atoms with Crippen LogP contribution in [0, 0.1) is 6.92 Å². The summed E-state index contributed by atoms with van der Waals surface area (Å²) in [7, 11) is -0.449. The molecule has 0 saturated carbocycles. The summed E-state index contributed by atoms with van der Waals surface area (Å²) in [6, 6.07) is 5.48. The van der Waals surface area contributed by atoms with Crippen molar-refractivity contribution in [1.29, 1.82) is 0 Å². The highest BCUT2D eigenvalue weighted by atomic mass is 16.7. The molecule has 5 heteroatoms. The number of rotatable bonds is 2. The molecule has 0 unspecified atom stereocenters. The van der Waals surface area contributed by atoms with Crippen LogP contribution in [0.1, 0.15) is 40.2 Å². The number of aryl methyl sites for hydroxylation is 1. The molecule has 1 saturated heterocycles. The Morgan fingerprint density at radius 3 is 2.20 bits per heavy atom. The zero-order chi connectivity index (χ0) is 15.1. The maximum atomic E-state index is 11.1. The van der Waals surface area contributed by atoms with Crippen LogP contribution in [-0.4, -0.2) is 24.3 Å². The first-order chi connectivity index (χ1) is 9.12. The van der Waals surface area contributed by atoms with E-state index < -0.39 is 7.12 Å². The second-order valence-corrected chi connectivity index (χ2v) is 6.20. The van der Waals surface area contributed by atoms with E-state index in [9.17, 15) is 4.79 Å². The van der Waals surface area contributed by atoms with Gasteiger partial charge in [0, 0.05) is 6.92 Å². The van der Waals surface area contributed by atoms with Gasteiger partial charge in [-0.2, -0.15) is 0 Å². The fourth-order valence-electron chi connectivity index (χ4n) is 2.07. The molecule has 0 atom stereocenters. The molecule has 1 fully saturated rings. The van der Waals surface area contributed by atoms with Crippen molar-refractivity contribution in [3.05, 3.63) is 23.8 Å². The molecule has 1 aromatic carbocycles. The molecule has 1 aliphatic heterocycles. The van der Waals surface area contributed by atoms with E-state index in [2.05, 4.69) is 0 Å². The number of esters is 1.